The average molecular weight is 635 g/mol. The standard InChI is InChI=1S/C32H33Cl2N7O3/c1-2-41-31(43)28(37-32(44)38-29-25(33)19-35-20-26(29)34)18-27(39-41)24-8-6-7-23(17-24)21-9-11-22(12-10-21)30(42)36-13-16-40-14-4-3-5-15-40/h6-12,17-20H,2-5,13-16H2,1H3,(H,36,42)(H2,35,37,38,44). The molecule has 0 spiro atoms. The Balaban J connectivity index is 1.30. The molecule has 1 fully saturated rings. The number of likely N-dealkylation sites (tertiary alicyclic amines) is 1. The van der Waals surface area contributed by atoms with Gasteiger partial charge < -0.3 is 20.9 Å². The molecule has 3 amide bonds. The maximum Gasteiger partial charge on any atom is 0.323 e. The molecule has 0 atom stereocenters. The maximum atomic E-state index is 13.0. The number of aryl methyl sites for hydroxylation is 1. The Labute approximate surface area is 265 Å². The van der Waals surface area contributed by atoms with Crippen LogP contribution >= 0.6 is 23.2 Å². The number of aromatic nitrogens is 3. The van der Waals surface area contributed by atoms with Gasteiger partial charge in [0.2, 0.25) is 0 Å². The third-order valence-corrected chi connectivity index (χ3v) is 7.99. The molecule has 3 N–H and O–H groups in total. The third-order valence-electron chi connectivity index (χ3n) is 7.42. The highest BCUT2D eigenvalue weighted by Crippen LogP contribution is 2.29. The highest BCUT2D eigenvalue weighted by Gasteiger charge is 2.16. The Morgan fingerprint density at radius 2 is 1.59 bits per heavy atom. The van der Waals surface area contributed by atoms with Gasteiger partial charge in [-0.25, -0.2) is 9.48 Å². The summed E-state index contributed by atoms with van der Waals surface area (Å²) in [6.07, 6.45) is 6.44. The number of benzene rings is 2. The first kappa shape index (κ1) is 31.2. The second-order valence-corrected chi connectivity index (χ2v) is 11.3. The number of halogens is 2. The minimum absolute atomic E-state index is 0.0386. The highest BCUT2D eigenvalue weighted by atomic mass is 35.5. The lowest BCUT2D eigenvalue weighted by molar-refractivity contribution is 0.0946. The summed E-state index contributed by atoms with van der Waals surface area (Å²) in [6, 6.07) is 16.0. The fourth-order valence-corrected chi connectivity index (χ4v) is 5.53. The zero-order valence-electron chi connectivity index (χ0n) is 24.3. The predicted octanol–water partition coefficient (Wildman–Crippen LogP) is 6.16. The minimum Gasteiger partial charge on any atom is -0.351 e. The van der Waals surface area contributed by atoms with E-state index in [0.717, 1.165) is 36.3 Å². The van der Waals surface area contributed by atoms with E-state index in [0.29, 0.717) is 24.3 Å². The van der Waals surface area contributed by atoms with Crippen molar-refractivity contribution >= 4 is 46.5 Å². The number of urea groups is 1. The molecule has 0 radical (unpaired) electrons. The van der Waals surface area contributed by atoms with Crippen molar-refractivity contribution < 1.29 is 9.59 Å². The molecule has 0 bridgehead atoms. The summed E-state index contributed by atoms with van der Waals surface area (Å²) in [5.41, 5.74) is 3.43. The molecule has 10 nitrogen and oxygen atoms in total. The minimum atomic E-state index is -0.693. The number of anilines is 2. The van der Waals surface area contributed by atoms with Gasteiger partial charge in [-0.15, -0.1) is 0 Å². The van der Waals surface area contributed by atoms with Crippen LogP contribution in [0, 0.1) is 0 Å². The Hall–Kier alpha value is -4.25. The number of carbonyl (C=O) groups excluding carboxylic acids is 2. The van der Waals surface area contributed by atoms with Gasteiger partial charge in [0.05, 0.1) is 21.4 Å². The summed E-state index contributed by atoms with van der Waals surface area (Å²) in [4.78, 5) is 44.7. The molecule has 4 aromatic rings. The van der Waals surface area contributed by atoms with Gasteiger partial charge in [0.25, 0.3) is 11.5 Å². The van der Waals surface area contributed by atoms with Gasteiger partial charge in [-0.3, -0.25) is 14.6 Å². The van der Waals surface area contributed by atoms with E-state index in [1.807, 2.05) is 48.5 Å². The van der Waals surface area contributed by atoms with Crippen molar-refractivity contribution in [3.63, 3.8) is 0 Å². The molecule has 1 aliphatic rings. The molecular weight excluding hydrogens is 601 g/mol. The monoisotopic (exact) mass is 633 g/mol. The Bertz CT molecular complexity index is 1680. The van der Waals surface area contributed by atoms with Gasteiger partial charge in [0.1, 0.15) is 5.69 Å². The number of carbonyl (C=O) groups is 2. The van der Waals surface area contributed by atoms with Crippen LogP contribution in [0.15, 0.2) is 71.8 Å². The first-order chi connectivity index (χ1) is 21.3. The van der Waals surface area contributed by atoms with Crippen LogP contribution in [0.2, 0.25) is 10.0 Å². The summed E-state index contributed by atoms with van der Waals surface area (Å²) in [6.45, 7) is 5.78. The van der Waals surface area contributed by atoms with E-state index in [9.17, 15) is 14.4 Å². The molecular formula is C32H33Cl2N7O3. The lowest BCUT2D eigenvalue weighted by Crippen LogP contribution is -2.37. The van der Waals surface area contributed by atoms with Crippen LogP contribution in [0.4, 0.5) is 16.2 Å². The second-order valence-electron chi connectivity index (χ2n) is 10.4. The summed E-state index contributed by atoms with van der Waals surface area (Å²) in [5, 5.41) is 13.0. The number of rotatable bonds is 9. The smallest absolute Gasteiger partial charge is 0.323 e. The molecule has 5 rings (SSSR count). The molecule has 0 saturated carbocycles. The van der Waals surface area contributed by atoms with Gasteiger partial charge >= 0.3 is 6.03 Å². The van der Waals surface area contributed by atoms with Crippen LogP contribution in [0.1, 0.15) is 36.5 Å². The van der Waals surface area contributed by atoms with Crippen LogP contribution in [0.5, 0.6) is 0 Å². The first-order valence-corrected chi connectivity index (χ1v) is 15.3. The van der Waals surface area contributed by atoms with Gasteiger partial charge in [-0.2, -0.15) is 5.10 Å². The van der Waals surface area contributed by atoms with Crippen molar-refractivity contribution in [1.82, 2.24) is 25.0 Å². The number of hydrogen-bond acceptors (Lipinski definition) is 6. The van der Waals surface area contributed by atoms with E-state index in [1.165, 1.54) is 42.4 Å². The zero-order chi connectivity index (χ0) is 31.1. The molecule has 44 heavy (non-hydrogen) atoms. The van der Waals surface area contributed by atoms with Crippen molar-refractivity contribution in [3.05, 3.63) is 93.0 Å². The van der Waals surface area contributed by atoms with Crippen LogP contribution in [-0.2, 0) is 6.54 Å². The molecule has 0 aliphatic carbocycles. The fraction of sp³-hybridized carbons (Fsp3) is 0.281. The van der Waals surface area contributed by atoms with E-state index >= 15 is 0 Å². The summed E-state index contributed by atoms with van der Waals surface area (Å²) >= 11 is 12.2. The van der Waals surface area contributed by atoms with Crippen molar-refractivity contribution in [3.8, 4) is 22.4 Å². The summed E-state index contributed by atoms with van der Waals surface area (Å²) < 4.78 is 1.28. The normalized spacial score (nSPS) is 13.3. The number of hydrogen-bond donors (Lipinski definition) is 3. The van der Waals surface area contributed by atoms with Gasteiger partial charge in [0, 0.05) is 43.2 Å². The van der Waals surface area contributed by atoms with Crippen molar-refractivity contribution in [2.24, 2.45) is 0 Å². The molecule has 228 valence electrons. The number of nitrogens with one attached hydrogen (secondary N) is 3. The second kappa shape index (κ2) is 14.5. The van der Waals surface area contributed by atoms with E-state index in [-0.39, 0.29) is 27.3 Å². The first-order valence-electron chi connectivity index (χ1n) is 14.5. The lowest BCUT2D eigenvalue weighted by atomic mass is 10.0. The van der Waals surface area contributed by atoms with Gasteiger partial charge in [0.15, 0.2) is 0 Å². The van der Waals surface area contributed by atoms with Crippen LogP contribution in [0.3, 0.4) is 0 Å². The van der Waals surface area contributed by atoms with Crippen molar-refractivity contribution in [2.75, 3.05) is 36.8 Å². The van der Waals surface area contributed by atoms with Gasteiger partial charge in [-0.05, 0) is 68.2 Å². The van der Waals surface area contributed by atoms with E-state index in [4.69, 9.17) is 23.2 Å². The van der Waals surface area contributed by atoms with Crippen molar-refractivity contribution in [1.29, 1.82) is 0 Å². The predicted molar refractivity (Wildman–Crippen MR) is 175 cm³/mol. The summed E-state index contributed by atoms with van der Waals surface area (Å²) in [7, 11) is 0. The molecule has 3 heterocycles. The molecule has 0 unspecified atom stereocenters. The average Bonchev–Trinajstić information content (AvgIpc) is 3.04. The topological polar surface area (TPSA) is 121 Å². The largest absolute Gasteiger partial charge is 0.351 e. The lowest BCUT2D eigenvalue weighted by Gasteiger charge is -2.26. The molecule has 2 aromatic heterocycles. The van der Waals surface area contributed by atoms with E-state index in [2.05, 4.69) is 30.9 Å². The number of pyridine rings is 1. The number of nitrogens with zero attached hydrogens (tertiary/aromatic N) is 4. The zero-order valence-corrected chi connectivity index (χ0v) is 25.8. The Morgan fingerprint density at radius 1 is 0.886 bits per heavy atom. The number of amides is 3. The summed E-state index contributed by atoms with van der Waals surface area (Å²) in [5.74, 6) is -0.0918. The van der Waals surface area contributed by atoms with Crippen LogP contribution in [0.25, 0.3) is 22.4 Å². The fourth-order valence-electron chi connectivity index (χ4n) is 5.07. The molecule has 1 saturated heterocycles. The molecule has 1 aliphatic heterocycles. The van der Waals surface area contributed by atoms with Crippen LogP contribution in [-0.4, -0.2) is 57.8 Å². The SMILES string of the molecule is CCn1nc(-c2cccc(-c3ccc(C(=O)NCCN4CCCCC4)cc3)c2)cc(NC(=O)Nc2c(Cl)cncc2Cl)c1=O. The number of piperidine rings is 1. The molecule has 2 aromatic carbocycles. The van der Waals surface area contributed by atoms with Crippen LogP contribution < -0.4 is 21.5 Å². The van der Waals surface area contributed by atoms with Crippen molar-refractivity contribution in [2.45, 2.75) is 32.7 Å². The van der Waals surface area contributed by atoms with Gasteiger partial charge in [-0.1, -0.05) is 60.0 Å². The Morgan fingerprint density at radius 3 is 2.30 bits per heavy atom. The molecule has 12 heteroatoms. The highest BCUT2D eigenvalue weighted by molar-refractivity contribution is 6.39. The third kappa shape index (κ3) is 7.63. The quantitative estimate of drug-likeness (QED) is 0.203. The maximum absolute atomic E-state index is 13.0. The Kier molecular flexibility index (Phi) is 10.3. The van der Waals surface area contributed by atoms with E-state index < -0.39 is 11.6 Å². The van der Waals surface area contributed by atoms with E-state index in [1.54, 1.807) is 6.92 Å².